The third kappa shape index (κ3) is 5.42. The SMILES string of the molecule is COCCNC(=O)[C@@H](c1ccc(C)o1)N(C(=O)c1snc(C(N)=O)c1N)c1ccc(OC)cc1OC. The number of nitrogens with zero attached hydrogens (tertiary/aromatic N) is 2. The van der Waals surface area contributed by atoms with E-state index in [4.69, 9.17) is 30.1 Å². The summed E-state index contributed by atoms with van der Waals surface area (Å²) >= 11 is 0.693. The van der Waals surface area contributed by atoms with E-state index in [-0.39, 0.29) is 46.6 Å². The minimum absolute atomic E-state index is 0.0837. The number of nitrogen functional groups attached to an aromatic ring is 1. The lowest BCUT2D eigenvalue weighted by Gasteiger charge is -2.30. The molecule has 192 valence electrons. The molecule has 1 aromatic carbocycles. The maximum absolute atomic E-state index is 14.0. The number of primary amides is 1. The Balaban J connectivity index is 2.23. The Morgan fingerprint density at radius 2 is 1.92 bits per heavy atom. The monoisotopic (exact) mass is 517 g/mol. The lowest BCUT2D eigenvalue weighted by molar-refractivity contribution is -0.123. The zero-order valence-corrected chi connectivity index (χ0v) is 21.0. The Morgan fingerprint density at radius 3 is 2.47 bits per heavy atom. The molecule has 36 heavy (non-hydrogen) atoms. The summed E-state index contributed by atoms with van der Waals surface area (Å²) in [6.07, 6.45) is 0. The Hall–Kier alpha value is -4.10. The quantitative estimate of drug-likeness (QED) is 0.321. The molecule has 0 unspecified atom stereocenters. The molecule has 0 bridgehead atoms. The third-order valence-electron chi connectivity index (χ3n) is 5.16. The van der Waals surface area contributed by atoms with Gasteiger partial charge in [-0.3, -0.25) is 19.3 Å². The predicted molar refractivity (Wildman–Crippen MR) is 132 cm³/mol. The van der Waals surface area contributed by atoms with Crippen molar-refractivity contribution in [3.05, 3.63) is 52.4 Å². The lowest BCUT2D eigenvalue weighted by Crippen LogP contribution is -2.44. The predicted octanol–water partition coefficient (Wildman–Crippen LogP) is 1.89. The molecule has 3 aromatic rings. The van der Waals surface area contributed by atoms with E-state index >= 15 is 0 Å². The molecule has 3 rings (SSSR count). The van der Waals surface area contributed by atoms with Crippen LogP contribution in [-0.2, 0) is 9.53 Å². The third-order valence-corrected chi connectivity index (χ3v) is 6.01. The Bertz CT molecular complexity index is 1260. The molecule has 1 atom stereocenters. The smallest absolute Gasteiger partial charge is 0.273 e. The Kier molecular flexibility index (Phi) is 8.51. The van der Waals surface area contributed by atoms with E-state index in [1.807, 2.05) is 0 Å². The number of amides is 3. The molecule has 0 aliphatic heterocycles. The molecule has 0 saturated carbocycles. The number of ether oxygens (including phenoxy) is 3. The molecule has 12 nitrogen and oxygen atoms in total. The maximum Gasteiger partial charge on any atom is 0.273 e. The van der Waals surface area contributed by atoms with E-state index in [0.717, 1.165) is 0 Å². The van der Waals surface area contributed by atoms with Crippen molar-refractivity contribution in [1.82, 2.24) is 9.69 Å². The highest BCUT2D eigenvalue weighted by Crippen LogP contribution is 2.40. The molecule has 0 saturated heterocycles. The van der Waals surface area contributed by atoms with Gasteiger partial charge in [-0.1, -0.05) is 0 Å². The zero-order valence-electron chi connectivity index (χ0n) is 20.2. The topological polar surface area (TPSA) is 172 Å². The van der Waals surface area contributed by atoms with E-state index < -0.39 is 23.8 Å². The van der Waals surface area contributed by atoms with Crippen LogP contribution in [0.25, 0.3) is 0 Å². The van der Waals surface area contributed by atoms with Crippen LogP contribution >= 0.6 is 11.5 Å². The van der Waals surface area contributed by atoms with Crippen LogP contribution in [0.4, 0.5) is 11.4 Å². The summed E-state index contributed by atoms with van der Waals surface area (Å²) in [6, 6.07) is 6.71. The van der Waals surface area contributed by atoms with Crippen LogP contribution in [0.15, 0.2) is 34.7 Å². The van der Waals surface area contributed by atoms with Gasteiger partial charge in [0.2, 0.25) is 0 Å². The number of anilines is 2. The number of rotatable bonds is 11. The van der Waals surface area contributed by atoms with Crippen LogP contribution in [0.1, 0.15) is 37.7 Å². The first kappa shape index (κ1) is 26.5. The zero-order chi connectivity index (χ0) is 26.4. The van der Waals surface area contributed by atoms with Crippen molar-refractivity contribution < 1.29 is 33.0 Å². The number of methoxy groups -OCH3 is 3. The molecule has 0 aliphatic carbocycles. The molecule has 13 heteroatoms. The van der Waals surface area contributed by atoms with E-state index in [1.54, 1.807) is 37.3 Å². The number of aromatic nitrogens is 1. The van der Waals surface area contributed by atoms with Crippen molar-refractivity contribution in [2.75, 3.05) is 45.1 Å². The van der Waals surface area contributed by atoms with Gasteiger partial charge in [0.25, 0.3) is 17.7 Å². The number of nitrogens with two attached hydrogens (primary N) is 2. The van der Waals surface area contributed by atoms with Crippen LogP contribution < -0.4 is 31.2 Å². The van der Waals surface area contributed by atoms with Gasteiger partial charge in [-0.15, -0.1) is 0 Å². The number of carbonyl (C=O) groups excluding carboxylic acids is 3. The molecular weight excluding hydrogens is 490 g/mol. The molecule has 5 N–H and O–H groups in total. The molecule has 0 aliphatic rings. The number of hydrogen-bond acceptors (Lipinski definition) is 10. The summed E-state index contributed by atoms with van der Waals surface area (Å²) in [5, 5.41) is 2.75. The number of nitrogens with one attached hydrogen (secondary N) is 1. The molecule has 0 radical (unpaired) electrons. The summed E-state index contributed by atoms with van der Waals surface area (Å²) < 4.78 is 25.5. The van der Waals surface area contributed by atoms with Crippen molar-refractivity contribution in [1.29, 1.82) is 0 Å². The molecular formula is C23H27N5O7S. The largest absolute Gasteiger partial charge is 0.497 e. The van der Waals surface area contributed by atoms with Crippen LogP contribution in [0.2, 0.25) is 0 Å². The second-order valence-corrected chi connectivity index (χ2v) is 8.26. The summed E-state index contributed by atoms with van der Waals surface area (Å²) in [7, 11) is 4.40. The van der Waals surface area contributed by atoms with Crippen LogP contribution in [0.5, 0.6) is 11.5 Å². The van der Waals surface area contributed by atoms with Crippen molar-refractivity contribution in [3.8, 4) is 11.5 Å². The van der Waals surface area contributed by atoms with Crippen LogP contribution in [0.3, 0.4) is 0 Å². The number of furan rings is 1. The summed E-state index contributed by atoms with van der Waals surface area (Å²) in [4.78, 5) is 40.3. The van der Waals surface area contributed by atoms with Crippen molar-refractivity contribution in [3.63, 3.8) is 0 Å². The van der Waals surface area contributed by atoms with Gasteiger partial charge in [0.05, 0.1) is 32.2 Å². The summed E-state index contributed by atoms with van der Waals surface area (Å²) in [5.74, 6) is -0.737. The van der Waals surface area contributed by atoms with Gasteiger partial charge in [-0.25, -0.2) is 0 Å². The normalized spacial score (nSPS) is 11.6. The van der Waals surface area contributed by atoms with Crippen LogP contribution in [-0.4, -0.2) is 56.6 Å². The van der Waals surface area contributed by atoms with Gasteiger partial charge < -0.3 is 35.4 Å². The number of carbonyl (C=O) groups is 3. The molecule has 2 aromatic heterocycles. The number of aryl methyl sites for hydroxylation is 1. The maximum atomic E-state index is 14.0. The minimum Gasteiger partial charge on any atom is -0.497 e. The van der Waals surface area contributed by atoms with Gasteiger partial charge in [0, 0.05) is 19.7 Å². The average molecular weight is 518 g/mol. The molecule has 2 heterocycles. The summed E-state index contributed by atoms with van der Waals surface area (Å²) in [5.41, 5.74) is 11.2. The standard InChI is InChI=1S/C23H27N5O7S/c1-12-5-8-15(35-12)19(22(30)26-9-10-32-2)28(14-7-6-13(33-3)11-16(14)34-4)23(31)20-17(24)18(21(25)29)27-36-20/h5-8,11,19H,9-10,24H2,1-4H3,(H2,25,29)(H,26,30)/t19-/m1/s1. The van der Waals surface area contributed by atoms with Crippen LogP contribution in [0, 0.1) is 6.92 Å². The lowest BCUT2D eigenvalue weighted by atomic mass is 10.1. The molecule has 0 fully saturated rings. The summed E-state index contributed by atoms with van der Waals surface area (Å²) in [6.45, 7) is 2.14. The Labute approximate surface area is 211 Å². The van der Waals surface area contributed by atoms with E-state index in [9.17, 15) is 14.4 Å². The fraction of sp³-hybridized carbons (Fsp3) is 0.304. The van der Waals surface area contributed by atoms with E-state index in [1.165, 1.54) is 26.2 Å². The van der Waals surface area contributed by atoms with Gasteiger partial charge in [0.1, 0.15) is 27.9 Å². The van der Waals surface area contributed by atoms with E-state index in [2.05, 4.69) is 9.69 Å². The fourth-order valence-corrected chi connectivity index (χ4v) is 4.18. The van der Waals surface area contributed by atoms with Crippen molar-refractivity contribution >= 4 is 40.6 Å². The highest BCUT2D eigenvalue weighted by molar-refractivity contribution is 7.09. The second kappa shape index (κ2) is 11.6. The first-order valence-corrected chi connectivity index (χ1v) is 11.4. The molecule has 0 spiro atoms. The second-order valence-electron chi connectivity index (χ2n) is 7.49. The first-order valence-electron chi connectivity index (χ1n) is 10.7. The number of benzene rings is 1. The van der Waals surface area contributed by atoms with Gasteiger partial charge in [-0.05, 0) is 42.7 Å². The average Bonchev–Trinajstić information content (AvgIpc) is 3.47. The van der Waals surface area contributed by atoms with Crippen molar-refractivity contribution in [2.45, 2.75) is 13.0 Å². The van der Waals surface area contributed by atoms with E-state index in [0.29, 0.717) is 23.0 Å². The first-order chi connectivity index (χ1) is 17.2. The fourth-order valence-electron chi connectivity index (χ4n) is 3.44. The van der Waals surface area contributed by atoms with Gasteiger partial charge in [-0.2, -0.15) is 4.37 Å². The highest BCUT2D eigenvalue weighted by Gasteiger charge is 2.39. The van der Waals surface area contributed by atoms with Crippen molar-refractivity contribution in [2.24, 2.45) is 5.73 Å². The Morgan fingerprint density at radius 1 is 1.17 bits per heavy atom. The molecule has 3 amide bonds. The minimum atomic E-state index is -1.29. The van der Waals surface area contributed by atoms with Gasteiger partial charge in [0.15, 0.2) is 11.7 Å². The number of hydrogen-bond donors (Lipinski definition) is 3. The van der Waals surface area contributed by atoms with Gasteiger partial charge >= 0.3 is 0 Å². The highest BCUT2D eigenvalue weighted by atomic mass is 32.1.